The van der Waals surface area contributed by atoms with Crippen molar-refractivity contribution < 1.29 is 9.13 Å². The highest BCUT2D eigenvalue weighted by atomic mass is 32.2. The van der Waals surface area contributed by atoms with Gasteiger partial charge in [-0.05, 0) is 67.9 Å². The number of aromatic nitrogens is 2. The lowest BCUT2D eigenvalue weighted by Crippen LogP contribution is -2.04. The van der Waals surface area contributed by atoms with Gasteiger partial charge in [0.15, 0.2) is 11.6 Å². The molecule has 0 aliphatic rings. The summed E-state index contributed by atoms with van der Waals surface area (Å²) in [6.07, 6.45) is 6.30. The Kier molecular flexibility index (Phi) is 6.89. The Labute approximate surface area is 173 Å². The van der Waals surface area contributed by atoms with Crippen molar-refractivity contribution in [3.8, 4) is 18.1 Å². The van der Waals surface area contributed by atoms with E-state index in [9.17, 15) is 4.39 Å². The van der Waals surface area contributed by atoms with Gasteiger partial charge in [-0.15, -0.1) is 6.42 Å². The molecule has 0 amide bonds. The van der Waals surface area contributed by atoms with Crippen LogP contribution in [0.2, 0.25) is 0 Å². The molecule has 0 fully saturated rings. The second kappa shape index (κ2) is 9.78. The van der Waals surface area contributed by atoms with E-state index in [4.69, 9.17) is 11.2 Å². The van der Waals surface area contributed by atoms with Gasteiger partial charge in [0.05, 0.1) is 6.20 Å². The second-order valence-corrected chi connectivity index (χ2v) is 7.00. The maximum atomic E-state index is 14.2. The van der Waals surface area contributed by atoms with Crippen LogP contribution in [0.15, 0.2) is 53.6 Å². The summed E-state index contributed by atoms with van der Waals surface area (Å²) in [6, 6.07) is 12.9. The van der Waals surface area contributed by atoms with E-state index >= 15 is 0 Å². The molecule has 0 saturated carbocycles. The Balaban J connectivity index is 1.74. The number of hydrogen-bond donors (Lipinski definition) is 3. The topological polar surface area (TPSA) is 71.1 Å². The van der Waals surface area contributed by atoms with Gasteiger partial charge < -0.3 is 15.4 Å². The number of hydrogen-bond acceptors (Lipinski definition) is 7. The SMILES string of the molecule is C#CCOc1ccc(Nc2nc(Nc3ccc(C)c(SNC)c3)ncc2F)cc1. The van der Waals surface area contributed by atoms with Crippen LogP contribution in [0.25, 0.3) is 0 Å². The fourth-order valence-corrected chi connectivity index (χ4v) is 3.07. The minimum Gasteiger partial charge on any atom is -0.481 e. The maximum Gasteiger partial charge on any atom is 0.229 e. The number of nitrogens with zero attached hydrogens (tertiary/aromatic N) is 2. The van der Waals surface area contributed by atoms with Crippen molar-refractivity contribution in [3.05, 3.63) is 60.0 Å². The Bertz CT molecular complexity index is 1020. The number of terminal acetylenes is 1. The molecule has 0 unspecified atom stereocenters. The zero-order chi connectivity index (χ0) is 20.6. The fourth-order valence-electron chi connectivity index (χ4n) is 2.44. The fraction of sp³-hybridized carbons (Fsp3) is 0.143. The molecule has 0 bridgehead atoms. The third-order valence-electron chi connectivity index (χ3n) is 3.84. The summed E-state index contributed by atoms with van der Waals surface area (Å²) >= 11 is 1.52. The first kappa shape index (κ1) is 20.5. The van der Waals surface area contributed by atoms with Crippen molar-refractivity contribution >= 4 is 35.1 Å². The molecule has 6 nitrogen and oxygen atoms in total. The van der Waals surface area contributed by atoms with Gasteiger partial charge in [-0.2, -0.15) is 4.98 Å². The molecule has 3 rings (SSSR count). The summed E-state index contributed by atoms with van der Waals surface area (Å²) < 4.78 is 22.6. The number of ether oxygens (including phenoxy) is 1. The summed E-state index contributed by atoms with van der Waals surface area (Å²) in [5.41, 5.74) is 2.61. The number of anilines is 4. The van der Waals surface area contributed by atoms with Gasteiger partial charge in [0.1, 0.15) is 12.4 Å². The average molecular weight is 409 g/mol. The van der Waals surface area contributed by atoms with E-state index in [1.54, 1.807) is 24.3 Å². The molecular formula is C21H20FN5OS. The van der Waals surface area contributed by atoms with E-state index in [0.717, 1.165) is 22.3 Å². The van der Waals surface area contributed by atoms with Crippen LogP contribution in [0.1, 0.15) is 5.56 Å². The second-order valence-electron chi connectivity index (χ2n) is 5.94. The molecule has 0 saturated heterocycles. The Morgan fingerprint density at radius 1 is 1.14 bits per heavy atom. The summed E-state index contributed by atoms with van der Waals surface area (Å²) in [6.45, 7) is 2.22. The predicted octanol–water partition coefficient (Wildman–Crippen LogP) is 4.65. The smallest absolute Gasteiger partial charge is 0.229 e. The van der Waals surface area contributed by atoms with Crippen LogP contribution in [0.3, 0.4) is 0 Å². The van der Waals surface area contributed by atoms with Crippen LogP contribution in [-0.4, -0.2) is 23.6 Å². The highest BCUT2D eigenvalue weighted by molar-refractivity contribution is 7.97. The molecule has 1 aromatic heterocycles. The van der Waals surface area contributed by atoms with Crippen molar-refractivity contribution in [2.24, 2.45) is 0 Å². The summed E-state index contributed by atoms with van der Waals surface area (Å²) in [5, 5.41) is 6.05. The summed E-state index contributed by atoms with van der Waals surface area (Å²) in [5.74, 6) is 2.83. The molecule has 0 aliphatic carbocycles. The van der Waals surface area contributed by atoms with Crippen LogP contribution in [0.5, 0.6) is 5.75 Å². The third kappa shape index (κ3) is 5.60. The van der Waals surface area contributed by atoms with Crippen molar-refractivity contribution in [2.75, 3.05) is 24.3 Å². The van der Waals surface area contributed by atoms with Gasteiger partial charge in [-0.1, -0.05) is 12.0 Å². The Morgan fingerprint density at radius 2 is 1.90 bits per heavy atom. The van der Waals surface area contributed by atoms with E-state index in [0.29, 0.717) is 11.4 Å². The van der Waals surface area contributed by atoms with Crippen molar-refractivity contribution in [1.82, 2.24) is 14.7 Å². The monoisotopic (exact) mass is 409 g/mol. The highest BCUT2D eigenvalue weighted by Gasteiger charge is 2.09. The molecule has 3 N–H and O–H groups in total. The van der Waals surface area contributed by atoms with E-state index in [2.05, 4.69) is 31.2 Å². The Morgan fingerprint density at radius 3 is 2.62 bits per heavy atom. The van der Waals surface area contributed by atoms with Gasteiger partial charge >= 0.3 is 0 Å². The molecule has 0 atom stereocenters. The lowest BCUT2D eigenvalue weighted by molar-refractivity contribution is 0.370. The van der Waals surface area contributed by atoms with E-state index in [1.807, 2.05) is 32.2 Å². The van der Waals surface area contributed by atoms with E-state index in [1.165, 1.54) is 11.9 Å². The van der Waals surface area contributed by atoms with E-state index < -0.39 is 5.82 Å². The highest BCUT2D eigenvalue weighted by Crippen LogP contribution is 2.26. The minimum absolute atomic E-state index is 0.0664. The molecule has 3 aromatic rings. The number of rotatable bonds is 8. The largest absolute Gasteiger partial charge is 0.481 e. The van der Waals surface area contributed by atoms with Gasteiger partial charge in [0, 0.05) is 16.3 Å². The van der Waals surface area contributed by atoms with Crippen LogP contribution in [0, 0.1) is 25.1 Å². The molecule has 0 aliphatic heterocycles. The molecular weight excluding hydrogens is 389 g/mol. The number of nitrogens with one attached hydrogen (secondary N) is 3. The molecule has 0 radical (unpaired) electrons. The first-order valence-electron chi connectivity index (χ1n) is 8.76. The number of aryl methyl sites for hydroxylation is 1. The van der Waals surface area contributed by atoms with Crippen LogP contribution in [-0.2, 0) is 0 Å². The van der Waals surface area contributed by atoms with Crippen molar-refractivity contribution in [2.45, 2.75) is 11.8 Å². The average Bonchev–Trinajstić information content (AvgIpc) is 2.72. The van der Waals surface area contributed by atoms with Crippen molar-refractivity contribution in [3.63, 3.8) is 0 Å². The molecule has 8 heteroatoms. The zero-order valence-electron chi connectivity index (χ0n) is 16.0. The Hall–Kier alpha value is -3.28. The minimum atomic E-state index is -0.557. The molecule has 0 spiro atoms. The van der Waals surface area contributed by atoms with Gasteiger partial charge in [-0.25, -0.2) is 9.37 Å². The molecule has 29 heavy (non-hydrogen) atoms. The van der Waals surface area contributed by atoms with Crippen LogP contribution >= 0.6 is 11.9 Å². The third-order valence-corrected chi connectivity index (χ3v) is 4.70. The summed E-state index contributed by atoms with van der Waals surface area (Å²) in [7, 11) is 1.86. The lowest BCUT2D eigenvalue weighted by atomic mass is 10.2. The standard InChI is InChI=1S/C21H20FN5OS/c1-4-11-28-17-9-7-15(8-10-17)25-20-18(22)13-24-21(27-20)26-16-6-5-14(2)19(12-16)29-23-3/h1,5-10,12-13,23H,11H2,2-3H3,(H2,24,25,26,27). The van der Waals surface area contributed by atoms with E-state index in [-0.39, 0.29) is 18.4 Å². The maximum absolute atomic E-state index is 14.2. The quantitative estimate of drug-likeness (QED) is 0.369. The molecule has 148 valence electrons. The first-order valence-corrected chi connectivity index (χ1v) is 9.58. The van der Waals surface area contributed by atoms with Crippen molar-refractivity contribution in [1.29, 1.82) is 0 Å². The van der Waals surface area contributed by atoms with Crippen LogP contribution in [0.4, 0.5) is 27.5 Å². The molecule has 1 heterocycles. The number of benzene rings is 2. The first-order chi connectivity index (χ1) is 14.1. The summed E-state index contributed by atoms with van der Waals surface area (Å²) in [4.78, 5) is 9.34. The predicted molar refractivity (Wildman–Crippen MR) is 115 cm³/mol. The molecule has 2 aromatic carbocycles. The van der Waals surface area contributed by atoms with Gasteiger partial charge in [-0.3, -0.25) is 4.72 Å². The lowest BCUT2D eigenvalue weighted by Gasteiger charge is -2.11. The normalized spacial score (nSPS) is 10.3. The van der Waals surface area contributed by atoms with Gasteiger partial charge in [0.2, 0.25) is 5.95 Å². The van der Waals surface area contributed by atoms with Crippen LogP contribution < -0.4 is 20.1 Å². The van der Waals surface area contributed by atoms with Gasteiger partial charge in [0.25, 0.3) is 0 Å². The zero-order valence-corrected chi connectivity index (χ0v) is 16.8. The number of halogens is 1.